The predicted molar refractivity (Wildman–Crippen MR) is 125 cm³/mol. The van der Waals surface area contributed by atoms with Gasteiger partial charge in [0.05, 0.1) is 10.0 Å². The Morgan fingerprint density at radius 3 is 2.27 bits per heavy atom. The highest BCUT2D eigenvalue weighted by molar-refractivity contribution is 6.37. The highest BCUT2D eigenvalue weighted by Gasteiger charge is 2.12. The van der Waals surface area contributed by atoms with Crippen molar-refractivity contribution in [3.63, 3.8) is 0 Å². The first-order valence-corrected chi connectivity index (χ1v) is 10.4. The van der Waals surface area contributed by atoms with E-state index in [1.165, 1.54) is 0 Å². The lowest BCUT2D eigenvalue weighted by molar-refractivity contribution is 0.304. The fourth-order valence-corrected chi connectivity index (χ4v) is 3.94. The number of nitrogens with one attached hydrogen (secondary N) is 1. The van der Waals surface area contributed by atoms with Crippen LogP contribution in [0, 0.1) is 0 Å². The second kappa shape index (κ2) is 9.05. The van der Waals surface area contributed by atoms with Crippen LogP contribution in [0.3, 0.4) is 0 Å². The van der Waals surface area contributed by atoms with E-state index in [1.54, 1.807) is 12.1 Å². The fraction of sp³-hybridized carbons (Fsp3) is 0.0833. The molecule has 0 aromatic heterocycles. The van der Waals surface area contributed by atoms with Crippen molar-refractivity contribution in [3.8, 4) is 11.5 Å². The number of phenolic OH excluding ortho intramolecular Hbond substituents is 1. The van der Waals surface area contributed by atoms with Crippen molar-refractivity contribution >= 4 is 51.3 Å². The molecule has 0 amide bonds. The lowest BCUT2D eigenvalue weighted by Crippen LogP contribution is -2.05. The maximum Gasteiger partial charge on any atom is 0.152 e. The first-order valence-electron chi connectivity index (χ1n) is 9.31. The van der Waals surface area contributed by atoms with Crippen LogP contribution in [-0.2, 0) is 13.2 Å². The van der Waals surface area contributed by atoms with Gasteiger partial charge in [0.1, 0.15) is 12.4 Å². The maximum absolute atomic E-state index is 9.78. The van der Waals surface area contributed by atoms with Gasteiger partial charge in [-0.15, -0.1) is 0 Å². The number of phenols is 1. The van der Waals surface area contributed by atoms with E-state index < -0.39 is 0 Å². The first-order chi connectivity index (χ1) is 14.5. The topological polar surface area (TPSA) is 41.5 Å². The summed E-state index contributed by atoms with van der Waals surface area (Å²) in [6.07, 6.45) is 0. The van der Waals surface area contributed by atoms with E-state index in [4.69, 9.17) is 39.5 Å². The lowest BCUT2D eigenvalue weighted by Gasteiger charge is -2.16. The summed E-state index contributed by atoms with van der Waals surface area (Å²) in [5, 5.41) is 16.4. The molecule has 0 fully saturated rings. The quantitative estimate of drug-likeness (QED) is 0.291. The summed E-state index contributed by atoms with van der Waals surface area (Å²) in [6.45, 7) is 0.846. The van der Waals surface area contributed by atoms with E-state index in [0.29, 0.717) is 23.9 Å². The molecule has 4 aromatic rings. The van der Waals surface area contributed by atoms with Crippen LogP contribution in [-0.4, -0.2) is 5.11 Å². The average Bonchev–Trinajstić information content (AvgIpc) is 2.75. The third-order valence-corrected chi connectivity index (χ3v) is 5.77. The zero-order valence-electron chi connectivity index (χ0n) is 15.8. The molecule has 6 heteroatoms. The minimum atomic E-state index is -0.127. The predicted octanol–water partition coefficient (Wildman–Crippen LogP) is 7.70. The van der Waals surface area contributed by atoms with Gasteiger partial charge in [-0.3, -0.25) is 0 Å². The molecule has 0 unspecified atom stereocenters. The van der Waals surface area contributed by atoms with Gasteiger partial charge < -0.3 is 15.2 Å². The zero-order chi connectivity index (χ0) is 21.1. The second-order valence-electron chi connectivity index (χ2n) is 6.79. The van der Waals surface area contributed by atoms with Crippen LogP contribution in [0.4, 0.5) is 5.69 Å². The highest BCUT2D eigenvalue weighted by atomic mass is 35.5. The summed E-state index contributed by atoms with van der Waals surface area (Å²) in [5.41, 5.74) is 2.62. The molecule has 0 aliphatic rings. The third kappa shape index (κ3) is 4.44. The number of halogens is 3. The van der Waals surface area contributed by atoms with E-state index >= 15 is 0 Å². The lowest BCUT2D eigenvalue weighted by atomic mass is 10.0. The first kappa shape index (κ1) is 20.7. The van der Waals surface area contributed by atoms with Crippen LogP contribution in [0.25, 0.3) is 10.8 Å². The molecule has 2 N–H and O–H groups in total. The van der Waals surface area contributed by atoms with Crippen molar-refractivity contribution in [2.75, 3.05) is 5.32 Å². The fourth-order valence-electron chi connectivity index (χ4n) is 3.26. The Hall–Kier alpha value is -2.59. The smallest absolute Gasteiger partial charge is 0.152 e. The normalized spacial score (nSPS) is 10.9. The summed E-state index contributed by atoms with van der Waals surface area (Å²) < 4.78 is 6.15. The van der Waals surface area contributed by atoms with Gasteiger partial charge in [-0.05, 0) is 35.0 Å². The minimum Gasteiger partial charge on any atom is -0.505 e. The van der Waals surface area contributed by atoms with Crippen molar-refractivity contribution in [3.05, 3.63) is 99.0 Å². The van der Waals surface area contributed by atoms with E-state index in [9.17, 15) is 5.11 Å². The standard InChI is InChI=1S/C24H18Cl3NO2/c25-20-8-4-2-6-16(20)14-30-23-10-9-15-5-1-3-7-18(15)19(23)13-28-17-11-21(26)24(29)22(27)12-17/h1-12,28-29H,13-14H2. The molecule has 0 aliphatic heterocycles. The molecule has 3 nitrogen and oxygen atoms in total. The van der Waals surface area contributed by atoms with Crippen LogP contribution in [0.2, 0.25) is 15.1 Å². The molecule has 0 saturated heterocycles. The molecule has 152 valence electrons. The zero-order valence-corrected chi connectivity index (χ0v) is 18.1. The number of benzene rings is 4. The van der Waals surface area contributed by atoms with Crippen LogP contribution >= 0.6 is 34.8 Å². The number of fused-ring (bicyclic) bond motifs is 1. The van der Waals surface area contributed by atoms with Crippen molar-refractivity contribution in [2.24, 2.45) is 0 Å². The van der Waals surface area contributed by atoms with Crippen LogP contribution in [0.5, 0.6) is 11.5 Å². The Bertz CT molecular complexity index is 1190. The SMILES string of the molecule is Oc1c(Cl)cc(NCc2c(OCc3ccccc3Cl)ccc3ccccc23)cc1Cl. The molecule has 4 aromatic carbocycles. The molecular formula is C24H18Cl3NO2. The second-order valence-corrected chi connectivity index (χ2v) is 8.01. The molecule has 0 aliphatic carbocycles. The molecule has 4 rings (SSSR count). The summed E-state index contributed by atoms with van der Waals surface area (Å²) >= 11 is 18.4. The molecule has 0 atom stereocenters. The number of ether oxygens (including phenoxy) is 1. The average molecular weight is 459 g/mol. The van der Waals surface area contributed by atoms with Crippen molar-refractivity contribution < 1.29 is 9.84 Å². The van der Waals surface area contributed by atoms with Gasteiger partial charge in [-0.25, -0.2) is 0 Å². The van der Waals surface area contributed by atoms with Gasteiger partial charge in [0.15, 0.2) is 5.75 Å². The van der Waals surface area contributed by atoms with E-state index in [2.05, 4.69) is 17.4 Å². The van der Waals surface area contributed by atoms with E-state index in [1.807, 2.05) is 48.5 Å². The summed E-state index contributed by atoms with van der Waals surface area (Å²) in [7, 11) is 0. The Morgan fingerprint density at radius 2 is 1.50 bits per heavy atom. The minimum absolute atomic E-state index is 0.127. The van der Waals surface area contributed by atoms with Crippen molar-refractivity contribution in [1.82, 2.24) is 0 Å². The van der Waals surface area contributed by atoms with Gasteiger partial charge in [0.25, 0.3) is 0 Å². The van der Waals surface area contributed by atoms with Crippen LogP contribution in [0.1, 0.15) is 11.1 Å². The third-order valence-electron chi connectivity index (χ3n) is 4.82. The Balaban J connectivity index is 1.64. The molecular weight excluding hydrogens is 441 g/mol. The highest BCUT2D eigenvalue weighted by Crippen LogP contribution is 2.36. The van der Waals surface area contributed by atoms with Crippen LogP contribution in [0.15, 0.2) is 72.8 Å². The largest absolute Gasteiger partial charge is 0.505 e. The maximum atomic E-state index is 9.78. The number of hydrogen-bond donors (Lipinski definition) is 2. The summed E-state index contributed by atoms with van der Waals surface area (Å²) in [5.74, 6) is 0.634. The summed E-state index contributed by atoms with van der Waals surface area (Å²) in [4.78, 5) is 0. The number of rotatable bonds is 6. The Kier molecular flexibility index (Phi) is 6.24. The molecule has 0 heterocycles. The molecule has 0 radical (unpaired) electrons. The van der Waals surface area contributed by atoms with Crippen molar-refractivity contribution in [2.45, 2.75) is 13.2 Å². The number of hydrogen-bond acceptors (Lipinski definition) is 3. The van der Waals surface area contributed by atoms with Crippen molar-refractivity contribution in [1.29, 1.82) is 0 Å². The summed E-state index contributed by atoms with van der Waals surface area (Å²) in [6, 6.07) is 23.0. The molecule has 0 spiro atoms. The van der Waals surface area contributed by atoms with Gasteiger partial charge in [0.2, 0.25) is 0 Å². The van der Waals surface area contributed by atoms with Gasteiger partial charge in [-0.2, -0.15) is 0 Å². The molecule has 0 saturated carbocycles. The van der Waals surface area contributed by atoms with E-state index in [0.717, 1.165) is 27.6 Å². The van der Waals surface area contributed by atoms with E-state index in [-0.39, 0.29) is 15.8 Å². The number of aromatic hydroxyl groups is 1. The Morgan fingerprint density at radius 1 is 0.800 bits per heavy atom. The van der Waals surface area contributed by atoms with Gasteiger partial charge >= 0.3 is 0 Å². The van der Waals surface area contributed by atoms with Gasteiger partial charge in [-0.1, -0.05) is 83.3 Å². The monoisotopic (exact) mass is 457 g/mol. The van der Waals surface area contributed by atoms with Crippen LogP contribution < -0.4 is 10.1 Å². The molecule has 0 bridgehead atoms. The van der Waals surface area contributed by atoms with Gasteiger partial charge in [0, 0.05) is 28.4 Å². The number of anilines is 1. The Labute approximate surface area is 189 Å². The molecule has 30 heavy (non-hydrogen) atoms.